The third kappa shape index (κ3) is 1.69. The van der Waals surface area contributed by atoms with E-state index in [1.54, 1.807) is 12.3 Å². The zero-order valence-electron chi connectivity index (χ0n) is 6.39. The van der Waals surface area contributed by atoms with Gasteiger partial charge in [-0.3, -0.25) is 4.98 Å². The fourth-order valence-electron chi connectivity index (χ4n) is 1.16. The molecule has 2 rings (SSSR count). The zero-order valence-corrected chi connectivity index (χ0v) is 10.9. The van der Waals surface area contributed by atoms with Gasteiger partial charge in [0, 0.05) is 19.6 Å². The lowest BCUT2D eigenvalue weighted by Crippen LogP contribution is -1.84. The molecule has 1 aromatic heterocycles. The average molecular weight is 368 g/mol. The molecule has 66 valence electrons. The molecule has 0 N–H and O–H groups in total. The van der Waals surface area contributed by atoms with Gasteiger partial charge < -0.3 is 0 Å². The van der Waals surface area contributed by atoms with E-state index >= 15 is 0 Å². The SMILES string of the molecule is Clc1ccnc2c(Br)ccc(I)c12. The summed E-state index contributed by atoms with van der Waals surface area (Å²) >= 11 is 11.8. The molecule has 4 heteroatoms. The first-order chi connectivity index (χ1) is 6.20. The van der Waals surface area contributed by atoms with Crippen molar-refractivity contribution >= 4 is 61.0 Å². The molecular weight excluding hydrogens is 364 g/mol. The van der Waals surface area contributed by atoms with Crippen molar-refractivity contribution in [3.8, 4) is 0 Å². The molecule has 0 fully saturated rings. The van der Waals surface area contributed by atoms with Crippen LogP contribution in [0.1, 0.15) is 0 Å². The van der Waals surface area contributed by atoms with Crippen LogP contribution >= 0.6 is 50.1 Å². The quantitative estimate of drug-likeness (QED) is 0.634. The number of hydrogen-bond acceptors (Lipinski definition) is 1. The summed E-state index contributed by atoms with van der Waals surface area (Å²) in [5.41, 5.74) is 0.916. The van der Waals surface area contributed by atoms with Crippen LogP contribution in [-0.2, 0) is 0 Å². The Balaban J connectivity index is 3.00. The summed E-state index contributed by atoms with van der Waals surface area (Å²) in [4.78, 5) is 4.27. The van der Waals surface area contributed by atoms with Crippen LogP contribution in [0, 0.1) is 3.57 Å². The fraction of sp³-hybridized carbons (Fsp3) is 0. The molecule has 0 radical (unpaired) electrons. The maximum Gasteiger partial charge on any atom is 0.0869 e. The third-order valence-corrected chi connectivity index (χ3v) is 3.59. The summed E-state index contributed by atoms with van der Waals surface area (Å²) in [6.07, 6.45) is 1.71. The van der Waals surface area contributed by atoms with Crippen molar-refractivity contribution in [2.75, 3.05) is 0 Å². The lowest BCUT2D eigenvalue weighted by atomic mass is 10.2. The topological polar surface area (TPSA) is 12.9 Å². The van der Waals surface area contributed by atoms with E-state index in [9.17, 15) is 0 Å². The molecule has 13 heavy (non-hydrogen) atoms. The molecule has 0 atom stereocenters. The second kappa shape index (κ2) is 3.71. The Hall–Kier alpha value is 0.130. The van der Waals surface area contributed by atoms with Crippen molar-refractivity contribution in [2.24, 2.45) is 0 Å². The van der Waals surface area contributed by atoms with Crippen molar-refractivity contribution in [3.05, 3.63) is 37.5 Å². The van der Waals surface area contributed by atoms with Crippen molar-refractivity contribution in [1.29, 1.82) is 0 Å². The number of rotatable bonds is 0. The Bertz CT molecular complexity index is 464. The Kier molecular flexibility index (Phi) is 2.76. The first-order valence-corrected chi connectivity index (χ1v) is 5.83. The largest absolute Gasteiger partial charge is 0.255 e. The normalized spacial score (nSPS) is 10.7. The lowest BCUT2D eigenvalue weighted by molar-refractivity contribution is 1.40. The van der Waals surface area contributed by atoms with Crippen molar-refractivity contribution in [2.45, 2.75) is 0 Å². The molecule has 0 aliphatic heterocycles. The maximum absolute atomic E-state index is 6.07. The maximum atomic E-state index is 6.07. The molecule has 0 saturated carbocycles. The Morgan fingerprint density at radius 2 is 2.08 bits per heavy atom. The molecule has 0 bridgehead atoms. The van der Waals surface area contributed by atoms with Crippen LogP contribution in [0.2, 0.25) is 5.02 Å². The van der Waals surface area contributed by atoms with E-state index in [-0.39, 0.29) is 0 Å². The highest BCUT2D eigenvalue weighted by molar-refractivity contribution is 14.1. The van der Waals surface area contributed by atoms with Crippen LogP contribution in [-0.4, -0.2) is 4.98 Å². The molecule has 0 unspecified atom stereocenters. The van der Waals surface area contributed by atoms with Crippen LogP contribution in [0.15, 0.2) is 28.9 Å². The van der Waals surface area contributed by atoms with E-state index in [2.05, 4.69) is 43.5 Å². The van der Waals surface area contributed by atoms with Crippen LogP contribution < -0.4 is 0 Å². The average Bonchev–Trinajstić information content (AvgIpc) is 2.12. The number of benzene rings is 1. The first-order valence-electron chi connectivity index (χ1n) is 3.58. The standard InChI is InChI=1S/C9H4BrClIN/c10-5-1-2-7(12)8-6(11)3-4-13-9(5)8/h1-4H. The molecular formula is C9H4BrClIN. The second-order valence-electron chi connectivity index (χ2n) is 2.55. The van der Waals surface area contributed by atoms with Gasteiger partial charge in [-0.05, 0) is 56.7 Å². The van der Waals surface area contributed by atoms with Gasteiger partial charge in [0.1, 0.15) is 0 Å². The number of halogens is 3. The lowest BCUT2D eigenvalue weighted by Gasteiger charge is -2.03. The molecule has 0 amide bonds. The van der Waals surface area contributed by atoms with Gasteiger partial charge in [-0.2, -0.15) is 0 Å². The van der Waals surface area contributed by atoms with Crippen molar-refractivity contribution in [1.82, 2.24) is 4.98 Å². The number of nitrogens with zero attached hydrogens (tertiary/aromatic N) is 1. The minimum Gasteiger partial charge on any atom is -0.255 e. The third-order valence-electron chi connectivity index (χ3n) is 1.74. The van der Waals surface area contributed by atoms with Gasteiger partial charge in [-0.25, -0.2) is 0 Å². The highest BCUT2D eigenvalue weighted by Crippen LogP contribution is 2.31. The van der Waals surface area contributed by atoms with Crippen LogP contribution in [0.4, 0.5) is 0 Å². The Morgan fingerprint density at radius 3 is 2.77 bits per heavy atom. The van der Waals surface area contributed by atoms with Gasteiger partial charge >= 0.3 is 0 Å². The van der Waals surface area contributed by atoms with E-state index in [0.29, 0.717) is 0 Å². The molecule has 1 aromatic carbocycles. The van der Waals surface area contributed by atoms with E-state index in [1.807, 2.05) is 12.1 Å². The number of hydrogen-bond donors (Lipinski definition) is 0. The monoisotopic (exact) mass is 367 g/mol. The molecule has 0 aliphatic rings. The molecule has 1 heterocycles. The van der Waals surface area contributed by atoms with Gasteiger partial charge in [-0.15, -0.1) is 0 Å². The predicted octanol–water partition coefficient (Wildman–Crippen LogP) is 4.26. The highest BCUT2D eigenvalue weighted by Gasteiger charge is 2.06. The van der Waals surface area contributed by atoms with E-state index in [0.717, 1.165) is 24.0 Å². The molecule has 0 aliphatic carbocycles. The van der Waals surface area contributed by atoms with Crippen molar-refractivity contribution < 1.29 is 0 Å². The molecule has 1 nitrogen and oxygen atoms in total. The summed E-state index contributed by atoms with van der Waals surface area (Å²) < 4.78 is 2.10. The van der Waals surface area contributed by atoms with Gasteiger partial charge in [-0.1, -0.05) is 11.6 Å². The van der Waals surface area contributed by atoms with Crippen LogP contribution in [0.25, 0.3) is 10.9 Å². The van der Waals surface area contributed by atoms with Gasteiger partial charge in [0.25, 0.3) is 0 Å². The fourth-order valence-corrected chi connectivity index (χ4v) is 2.72. The Labute approximate surface area is 103 Å². The summed E-state index contributed by atoms with van der Waals surface area (Å²) in [7, 11) is 0. The second-order valence-corrected chi connectivity index (χ2v) is 4.97. The van der Waals surface area contributed by atoms with Gasteiger partial charge in [0.15, 0.2) is 0 Å². The van der Waals surface area contributed by atoms with E-state index in [4.69, 9.17) is 11.6 Å². The first kappa shape index (κ1) is 9.68. The molecule has 0 saturated heterocycles. The van der Waals surface area contributed by atoms with E-state index in [1.165, 1.54) is 0 Å². The predicted molar refractivity (Wildman–Crippen MR) is 67.2 cm³/mol. The summed E-state index contributed by atoms with van der Waals surface area (Å²) in [5.74, 6) is 0. The minimum absolute atomic E-state index is 0.746. The minimum atomic E-state index is 0.746. The summed E-state index contributed by atoms with van der Waals surface area (Å²) in [6, 6.07) is 5.80. The van der Waals surface area contributed by atoms with Crippen molar-refractivity contribution in [3.63, 3.8) is 0 Å². The van der Waals surface area contributed by atoms with E-state index < -0.39 is 0 Å². The molecule has 0 spiro atoms. The smallest absolute Gasteiger partial charge is 0.0869 e. The van der Waals surface area contributed by atoms with Gasteiger partial charge in [0.2, 0.25) is 0 Å². The number of aromatic nitrogens is 1. The number of fused-ring (bicyclic) bond motifs is 1. The number of pyridine rings is 1. The zero-order chi connectivity index (χ0) is 9.42. The Morgan fingerprint density at radius 1 is 1.31 bits per heavy atom. The van der Waals surface area contributed by atoms with Crippen LogP contribution in [0.3, 0.4) is 0 Å². The van der Waals surface area contributed by atoms with Gasteiger partial charge in [0.05, 0.1) is 10.5 Å². The summed E-state index contributed by atoms with van der Waals surface area (Å²) in [6.45, 7) is 0. The highest BCUT2D eigenvalue weighted by atomic mass is 127. The van der Waals surface area contributed by atoms with Crippen LogP contribution in [0.5, 0.6) is 0 Å². The summed E-state index contributed by atoms with van der Waals surface area (Å²) in [5, 5.41) is 1.76. The molecule has 2 aromatic rings.